The average Bonchev–Trinajstić information content (AvgIpc) is 2.39. The topological polar surface area (TPSA) is 105 Å². The summed E-state index contributed by atoms with van der Waals surface area (Å²) in [4.78, 5) is 26.3. The Hall–Kier alpha value is -2.96. The van der Waals surface area contributed by atoms with E-state index in [-0.39, 0.29) is 11.4 Å². The average molecular weight is 275 g/mol. The van der Waals surface area contributed by atoms with Gasteiger partial charge in [-0.05, 0) is 30.3 Å². The van der Waals surface area contributed by atoms with Gasteiger partial charge in [-0.2, -0.15) is 0 Å². The maximum atomic E-state index is 13.4. The van der Waals surface area contributed by atoms with Crippen LogP contribution in [0.5, 0.6) is 0 Å². The van der Waals surface area contributed by atoms with Crippen molar-refractivity contribution in [2.24, 2.45) is 0 Å². The van der Waals surface area contributed by atoms with Crippen LogP contribution >= 0.6 is 0 Å². The monoisotopic (exact) mass is 275 g/mol. The number of carboxylic acids is 1. The molecule has 0 aliphatic rings. The van der Waals surface area contributed by atoms with Crippen LogP contribution < -0.4 is 11.1 Å². The van der Waals surface area contributed by atoms with Gasteiger partial charge in [0.25, 0.3) is 5.91 Å². The van der Waals surface area contributed by atoms with Crippen LogP contribution in [0.15, 0.2) is 36.5 Å². The number of pyridine rings is 1. The molecule has 0 aliphatic heterocycles. The fourth-order valence-electron chi connectivity index (χ4n) is 1.50. The van der Waals surface area contributed by atoms with Gasteiger partial charge in [-0.15, -0.1) is 0 Å². The molecule has 0 radical (unpaired) electrons. The van der Waals surface area contributed by atoms with Crippen LogP contribution in [-0.2, 0) is 0 Å². The van der Waals surface area contributed by atoms with Crippen LogP contribution in [0.2, 0.25) is 0 Å². The smallest absolute Gasteiger partial charge is 0.338 e. The minimum atomic E-state index is -1.37. The van der Waals surface area contributed by atoms with E-state index in [1.807, 2.05) is 0 Å². The normalized spacial score (nSPS) is 10.1. The van der Waals surface area contributed by atoms with Crippen molar-refractivity contribution in [3.05, 3.63) is 53.6 Å². The van der Waals surface area contributed by atoms with Crippen molar-refractivity contribution in [2.75, 3.05) is 11.1 Å². The van der Waals surface area contributed by atoms with E-state index in [0.717, 1.165) is 12.1 Å². The van der Waals surface area contributed by atoms with Gasteiger partial charge >= 0.3 is 5.97 Å². The number of nitrogens with zero attached hydrogens (tertiary/aromatic N) is 1. The van der Waals surface area contributed by atoms with Crippen molar-refractivity contribution in [1.29, 1.82) is 0 Å². The summed E-state index contributed by atoms with van der Waals surface area (Å²) >= 11 is 0. The summed E-state index contributed by atoms with van der Waals surface area (Å²) in [5.74, 6) is -2.85. The van der Waals surface area contributed by atoms with Crippen LogP contribution in [0, 0.1) is 5.82 Å². The highest BCUT2D eigenvalue weighted by molar-refractivity contribution is 6.03. The Morgan fingerprint density at radius 1 is 1.25 bits per heavy atom. The minimum Gasteiger partial charge on any atom is -0.478 e. The molecule has 102 valence electrons. The van der Waals surface area contributed by atoms with E-state index in [9.17, 15) is 14.0 Å². The number of benzene rings is 1. The first-order valence-electron chi connectivity index (χ1n) is 5.53. The number of hydrogen-bond acceptors (Lipinski definition) is 4. The third kappa shape index (κ3) is 2.89. The SMILES string of the molecule is Nc1ccc(C(=O)Nc2ccc(C(=O)O)c(F)c2)nc1. The summed E-state index contributed by atoms with van der Waals surface area (Å²) in [6.07, 6.45) is 1.32. The molecule has 0 bridgehead atoms. The Bertz CT molecular complexity index is 671. The van der Waals surface area contributed by atoms with Crippen molar-refractivity contribution < 1.29 is 19.1 Å². The van der Waals surface area contributed by atoms with E-state index in [1.54, 1.807) is 0 Å². The lowest BCUT2D eigenvalue weighted by Gasteiger charge is -2.06. The van der Waals surface area contributed by atoms with Gasteiger partial charge in [-0.3, -0.25) is 4.79 Å². The fraction of sp³-hybridized carbons (Fsp3) is 0. The summed E-state index contributed by atoms with van der Waals surface area (Å²) in [7, 11) is 0. The van der Waals surface area contributed by atoms with Gasteiger partial charge in [-0.1, -0.05) is 0 Å². The number of carboxylic acid groups (broad SMARTS) is 1. The van der Waals surface area contributed by atoms with Crippen molar-refractivity contribution in [1.82, 2.24) is 4.98 Å². The molecular weight excluding hydrogens is 265 g/mol. The Kier molecular flexibility index (Phi) is 3.60. The van der Waals surface area contributed by atoms with Gasteiger partial charge in [0, 0.05) is 5.69 Å². The Morgan fingerprint density at radius 2 is 2.00 bits per heavy atom. The van der Waals surface area contributed by atoms with Gasteiger partial charge in [0.15, 0.2) is 0 Å². The summed E-state index contributed by atoms with van der Waals surface area (Å²) in [5, 5.41) is 11.1. The van der Waals surface area contributed by atoms with Crippen molar-refractivity contribution in [2.45, 2.75) is 0 Å². The van der Waals surface area contributed by atoms with Crippen molar-refractivity contribution >= 4 is 23.3 Å². The van der Waals surface area contributed by atoms with E-state index in [0.29, 0.717) is 5.69 Å². The highest BCUT2D eigenvalue weighted by Crippen LogP contribution is 2.15. The summed E-state index contributed by atoms with van der Waals surface area (Å²) < 4.78 is 13.4. The molecule has 0 saturated carbocycles. The van der Waals surface area contributed by atoms with Crippen LogP contribution in [0.1, 0.15) is 20.8 Å². The highest BCUT2D eigenvalue weighted by atomic mass is 19.1. The summed E-state index contributed by atoms with van der Waals surface area (Å²) in [6, 6.07) is 6.23. The molecule has 0 atom stereocenters. The number of carbonyl (C=O) groups excluding carboxylic acids is 1. The van der Waals surface area contributed by atoms with Gasteiger partial charge < -0.3 is 16.2 Å². The molecule has 2 rings (SSSR count). The van der Waals surface area contributed by atoms with Crippen molar-refractivity contribution in [3.8, 4) is 0 Å². The summed E-state index contributed by atoms with van der Waals surface area (Å²) in [6.45, 7) is 0. The van der Waals surface area contributed by atoms with Crippen LogP contribution in [-0.4, -0.2) is 22.0 Å². The molecule has 0 fully saturated rings. The quantitative estimate of drug-likeness (QED) is 0.791. The lowest BCUT2D eigenvalue weighted by atomic mass is 10.2. The molecule has 2 aromatic rings. The molecule has 7 heteroatoms. The number of aromatic nitrogens is 1. The number of nitrogens with one attached hydrogen (secondary N) is 1. The molecule has 0 saturated heterocycles. The van der Waals surface area contributed by atoms with E-state index < -0.39 is 23.3 Å². The molecule has 0 spiro atoms. The lowest BCUT2D eigenvalue weighted by Crippen LogP contribution is -2.14. The predicted molar refractivity (Wildman–Crippen MR) is 70.0 cm³/mol. The molecular formula is C13H10FN3O3. The second-order valence-corrected chi connectivity index (χ2v) is 3.93. The van der Waals surface area contributed by atoms with Gasteiger partial charge in [0.05, 0.1) is 17.4 Å². The molecule has 20 heavy (non-hydrogen) atoms. The van der Waals surface area contributed by atoms with Crippen molar-refractivity contribution in [3.63, 3.8) is 0 Å². The van der Waals surface area contributed by atoms with Crippen LogP contribution in [0.4, 0.5) is 15.8 Å². The Labute approximate surface area is 113 Å². The number of carbonyl (C=O) groups is 2. The van der Waals surface area contributed by atoms with Gasteiger partial charge in [-0.25, -0.2) is 14.2 Å². The summed E-state index contributed by atoms with van der Waals surface area (Å²) in [5.41, 5.74) is 5.64. The van der Waals surface area contributed by atoms with E-state index in [1.165, 1.54) is 24.4 Å². The zero-order chi connectivity index (χ0) is 14.7. The molecule has 0 aliphatic carbocycles. The fourth-order valence-corrected chi connectivity index (χ4v) is 1.50. The number of rotatable bonds is 3. The molecule has 1 heterocycles. The number of hydrogen-bond donors (Lipinski definition) is 3. The van der Waals surface area contributed by atoms with Gasteiger partial charge in [0.1, 0.15) is 11.5 Å². The third-order valence-electron chi connectivity index (χ3n) is 2.48. The first kappa shape index (κ1) is 13.5. The van der Waals surface area contributed by atoms with E-state index in [4.69, 9.17) is 10.8 Å². The lowest BCUT2D eigenvalue weighted by molar-refractivity contribution is 0.0692. The first-order valence-corrected chi connectivity index (χ1v) is 5.53. The zero-order valence-corrected chi connectivity index (χ0v) is 10.1. The molecule has 0 unspecified atom stereocenters. The molecule has 4 N–H and O–H groups in total. The number of anilines is 2. The molecule has 1 aromatic heterocycles. The van der Waals surface area contributed by atoms with Crippen LogP contribution in [0.3, 0.4) is 0 Å². The number of aromatic carboxylic acids is 1. The first-order chi connectivity index (χ1) is 9.47. The van der Waals surface area contributed by atoms with E-state index in [2.05, 4.69) is 10.3 Å². The zero-order valence-electron chi connectivity index (χ0n) is 10.1. The molecule has 1 aromatic carbocycles. The number of nitrogen functional groups attached to an aromatic ring is 1. The maximum absolute atomic E-state index is 13.4. The number of halogens is 1. The highest BCUT2D eigenvalue weighted by Gasteiger charge is 2.12. The third-order valence-corrected chi connectivity index (χ3v) is 2.48. The van der Waals surface area contributed by atoms with E-state index >= 15 is 0 Å². The Morgan fingerprint density at radius 3 is 2.55 bits per heavy atom. The largest absolute Gasteiger partial charge is 0.478 e. The van der Waals surface area contributed by atoms with Gasteiger partial charge in [0.2, 0.25) is 0 Å². The number of amides is 1. The Balaban J connectivity index is 2.18. The minimum absolute atomic E-state index is 0.113. The van der Waals surface area contributed by atoms with Crippen LogP contribution in [0.25, 0.3) is 0 Å². The second kappa shape index (κ2) is 5.35. The standard InChI is InChI=1S/C13H10FN3O3/c14-10-5-8(2-3-9(10)13(19)20)17-12(18)11-4-1-7(15)6-16-11/h1-6H,15H2,(H,17,18)(H,19,20). The maximum Gasteiger partial charge on any atom is 0.338 e. The predicted octanol–water partition coefficient (Wildman–Crippen LogP) is 1.75. The second-order valence-electron chi connectivity index (χ2n) is 3.93. The number of nitrogens with two attached hydrogens (primary N) is 1. The molecule has 1 amide bonds. The molecule has 6 nitrogen and oxygen atoms in total.